The molecule has 2 aliphatic heterocycles. The molecule has 2 fully saturated rings. The molecular formula is C11H22N2O. The van der Waals surface area contributed by atoms with Crippen LogP contribution in [0.1, 0.15) is 19.8 Å². The van der Waals surface area contributed by atoms with Crippen LogP contribution in [0.25, 0.3) is 0 Å². The molecular weight excluding hydrogens is 176 g/mol. The number of hydrogen-bond acceptors (Lipinski definition) is 3. The number of likely N-dealkylation sites (N-methyl/N-ethyl adjacent to an activating group) is 1. The van der Waals surface area contributed by atoms with Crippen LogP contribution in [0.3, 0.4) is 0 Å². The number of ether oxygens (including phenoxy) is 1. The van der Waals surface area contributed by atoms with Gasteiger partial charge >= 0.3 is 0 Å². The average molecular weight is 198 g/mol. The maximum absolute atomic E-state index is 5.19. The van der Waals surface area contributed by atoms with E-state index in [1.165, 1.54) is 25.9 Å². The van der Waals surface area contributed by atoms with Crippen molar-refractivity contribution in [1.82, 2.24) is 10.2 Å². The highest BCUT2D eigenvalue weighted by Gasteiger charge is 2.26. The molecule has 0 amide bonds. The molecule has 0 aromatic heterocycles. The summed E-state index contributed by atoms with van der Waals surface area (Å²) in [4.78, 5) is 2.44. The smallest absolute Gasteiger partial charge is 0.0645 e. The summed E-state index contributed by atoms with van der Waals surface area (Å²) in [5.74, 6) is 0.862. The Morgan fingerprint density at radius 1 is 1.43 bits per heavy atom. The van der Waals surface area contributed by atoms with Gasteiger partial charge in [-0.2, -0.15) is 0 Å². The SMILES string of the molecule is CC1CCNC1CCN(C)C1COC1. The van der Waals surface area contributed by atoms with E-state index in [1.807, 2.05) is 0 Å². The van der Waals surface area contributed by atoms with E-state index < -0.39 is 0 Å². The van der Waals surface area contributed by atoms with Gasteiger partial charge in [-0.05, 0) is 38.9 Å². The quantitative estimate of drug-likeness (QED) is 0.720. The highest BCUT2D eigenvalue weighted by molar-refractivity contribution is 4.83. The van der Waals surface area contributed by atoms with Crippen LogP contribution < -0.4 is 5.32 Å². The van der Waals surface area contributed by atoms with Gasteiger partial charge in [0.2, 0.25) is 0 Å². The standard InChI is InChI=1S/C11H22N2O/c1-9-3-5-12-11(9)4-6-13(2)10-7-14-8-10/h9-12H,3-8H2,1-2H3. The molecule has 2 aliphatic rings. The number of nitrogens with zero attached hydrogens (tertiary/aromatic N) is 1. The number of hydrogen-bond donors (Lipinski definition) is 1. The molecule has 2 rings (SSSR count). The van der Waals surface area contributed by atoms with E-state index >= 15 is 0 Å². The van der Waals surface area contributed by atoms with Gasteiger partial charge in [-0.25, -0.2) is 0 Å². The Morgan fingerprint density at radius 2 is 2.21 bits per heavy atom. The normalized spacial score (nSPS) is 33.6. The molecule has 3 heteroatoms. The second kappa shape index (κ2) is 4.60. The average Bonchev–Trinajstić information content (AvgIpc) is 2.44. The molecule has 0 aromatic rings. The van der Waals surface area contributed by atoms with Gasteiger partial charge in [0.15, 0.2) is 0 Å². The lowest BCUT2D eigenvalue weighted by Gasteiger charge is -2.35. The molecule has 3 nitrogen and oxygen atoms in total. The molecule has 1 N–H and O–H groups in total. The van der Waals surface area contributed by atoms with Gasteiger partial charge in [0, 0.05) is 6.04 Å². The second-order valence-corrected chi connectivity index (χ2v) is 4.79. The van der Waals surface area contributed by atoms with Crippen molar-refractivity contribution in [2.75, 3.05) is 33.4 Å². The number of nitrogens with one attached hydrogen (secondary N) is 1. The van der Waals surface area contributed by atoms with Crippen molar-refractivity contribution in [1.29, 1.82) is 0 Å². The summed E-state index contributed by atoms with van der Waals surface area (Å²) in [7, 11) is 2.22. The fraction of sp³-hybridized carbons (Fsp3) is 1.00. The fourth-order valence-corrected chi connectivity index (χ4v) is 2.29. The van der Waals surface area contributed by atoms with E-state index in [-0.39, 0.29) is 0 Å². The summed E-state index contributed by atoms with van der Waals surface area (Å²) in [6.07, 6.45) is 2.63. The van der Waals surface area contributed by atoms with Crippen LogP contribution in [-0.2, 0) is 4.74 Å². The van der Waals surface area contributed by atoms with Crippen molar-refractivity contribution in [3.8, 4) is 0 Å². The zero-order chi connectivity index (χ0) is 9.97. The minimum Gasteiger partial charge on any atom is -0.378 e. The van der Waals surface area contributed by atoms with Crippen molar-refractivity contribution in [3.63, 3.8) is 0 Å². The van der Waals surface area contributed by atoms with Gasteiger partial charge in [-0.3, -0.25) is 4.90 Å². The third-order valence-corrected chi connectivity index (χ3v) is 3.73. The lowest BCUT2D eigenvalue weighted by Crippen LogP contribution is -2.48. The summed E-state index contributed by atoms with van der Waals surface area (Å²) in [6.45, 7) is 6.64. The van der Waals surface area contributed by atoms with Gasteiger partial charge in [0.05, 0.1) is 19.3 Å². The summed E-state index contributed by atoms with van der Waals surface area (Å²) < 4.78 is 5.19. The largest absolute Gasteiger partial charge is 0.378 e. The minimum absolute atomic E-state index is 0.687. The first-order valence-corrected chi connectivity index (χ1v) is 5.78. The third kappa shape index (κ3) is 2.27. The highest BCUT2D eigenvalue weighted by atomic mass is 16.5. The zero-order valence-corrected chi connectivity index (χ0v) is 9.33. The molecule has 0 spiro atoms. The van der Waals surface area contributed by atoms with Gasteiger partial charge < -0.3 is 10.1 Å². The van der Waals surface area contributed by atoms with Crippen LogP contribution in [0, 0.1) is 5.92 Å². The number of rotatable bonds is 4. The topological polar surface area (TPSA) is 24.5 Å². The van der Waals surface area contributed by atoms with Crippen LogP contribution in [0.2, 0.25) is 0 Å². The predicted octanol–water partition coefficient (Wildman–Crippen LogP) is 0.705. The van der Waals surface area contributed by atoms with E-state index in [2.05, 4.69) is 24.2 Å². The van der Waals surface area contributed by atoms with Crippen molar-refractivity contribution in [2.24, 2.45) is 5.92 Å². The zero-order valence-electron chi connectivity index (χ0n) is 9.33. The molecule has 0 saturated carbocycles. The van der Waals surface area contributed by atoms with Crippen LogP contribution in [0.5, 0.6) is 0 Å². The van der Waals surface area contributed by atoms with Crippen molar-refractivity contribution >= 4 is 0 Å². The Balaban J connectivity index is 1.65. The monoisotopic (exact) mass is 198 g/mol. The van der Waals surface area contributed by atoms with Crippen LogP contribution in [0.15, 0.2) is 0 Å². The Kier molecular flexibility index (Phi) is 3.42. The van der Waals surface area contributed by atoms with E-state index in [0.29, 0.717) is 6.04 Å². The molecule has 0 aliphatic carbocycles. The Hall–Kier alpha value is -0.120. The molecule has 2 atom stereocenters. The maximum Gasteiger partial charge on any atom is 0.0645 e. The molecule has 82 valence electrons. The van der Waals surface area contributed by atoms with E-state index in [0.717, 1.165) is 25.2 Å². The van der Waals surface area contributed by atoms with E-state index in [4.69, 9.17) is 4.74 Å². The molecule has 14 heavy (non-hydrogen) atoms. The van der Waals surface area contributed by atoms with Crippen molar-refractivity contribution < 1.29 is 4.74 Å². The van der Waals surface area contributed by atoms with Crippen LogP contribution in [0.4, 0.5) is 0 Å². The second-order valence-electron chi connectivity index (χ2n) is 4.79. The first-order valence-electron chi connectivity index (χ1n) is 5.78. The van der Waals surface area contributed by atoms with E-state index in [1.54, 1.807) is 0 Å². The molecule has 2 unspecified atom stereocenters. The summed E-state index contributed by atoms with van der Waals surface area (Å²) >= 11 is 0. The van der Waals surface area contributed by atoms with E-state index in [9.17, 15) is 0 Å². The van der Waals surface area contributed by atoms with Gasteiger partial charge in [-0.1, -0.05) is 6.92 Å². The fourth-order valence-electron chi connectivity index (χ4n) is 2.29. The van der Waals surface area contributed by atoms with Crippen molar-refractivity contribution in [3.05, 3.63) is 0 Å². The Morgan fingerprint density at radius 3 is 2.71 bits per heavy atom. The summed E-state index contributed by atoms with van der Waals surface area (Å²) in [5.41, 5.74) is 0. The lowest BCUT2D eigenvalue weighted by molar-refractivity contribution is -0.0567. The third-order valence-electron chi connectivity index (χ3n) is 3.73. The Labute approximate surface area is 86.8 Å². The summed E-state index contributed by atoms with van der Waals surface area (Å²) in [5, 5.41) is 3.58. The predicted molar refractivity (Wildman–Crippen MR) is 57.4 cm³/mol. The maximum atomic E-state index is 5.19. The summed E-state index contributed by atoms with van der Waals surface area (Å²) in [6, 6.07) is 1.44. The van der Waals surface area contributed by atoms with Crippen molar-refractivity contribution in [2.45, 2.75) is 31.8 Å². The molecule has 0 bridgehead atoms. The molecule has 0 aromatic carbocycles. The Bertz CT molecular complexity index is 182. The minimum atomic E-state index is 0.687. The van der Waals surface area contributed by atoms with Gasteiger partial charge in [-0.15, -0.1) is 0 Å². The van der Waals surface area contributed by atoms with Crippen LogP contribution in [-0.4, -0.2) is 50.3 Å². The molecule has 2 saturated heterocycles. The molecule has 2 heterocycles. The van der Waals surface area contributed by atoms with Gasteiger partial charge in [0.25, 0.3) is 0 Å². The highest BCUT2D eigenvalue weighted by Crippen LogP contribution is 2.18. The first-order chi connectivity index (χ1) is 6.77. The first kappa shape index (κ1) is 10.4. The lowest BCUT2D eigenvalue weighted by atomic mass is 10.00. The van der Waals surface area contributed by atoms with Crippen LogP contribution >= 0.6 is 0 Å². The van der Waals surface area contributed by atoms with Gasteiger partial charge in [0.1, 0.15) is 0 Å². The molecule has 0 radical (unpaired) electrons.